The number of imidazole rings is 1. The second-order valence-corrected chi connectivity index (χ2v) is 4.28. The number of aromatic nitrogens is 5. The average Bonchev–Trinajstić information content (AvgIpc) is 2.89. The first kappa shape index (κ1) is 10.6. The van der Waals surface area contributed by atoms with E-state index in [-0.39, 0.29) is 5.15 Å². The van der Waals surface area contributed by atoms with Crippen molar-refractivity contribution in [2.24, 2.45) is 0 Å². The fraction of sp³-hybridized carbons (Fsp3) is 0.100. The highest BCUT2D eigenvalue weighted by molar-refractivity contribution is 6.41. The van der Waals surface area contributed by atoms with Crippen LogP contribution in [0.3, 0.4) is 0 Å². The van der Waals surface area contributed by atoms with Crippen molar-refractivity contribution in [3.8, 4) is 0 Å². The molecule has 0 saturated carbocycles. The van der Waals surface area contributed by atoms with Gasteiger partial charge in [0.05, 0.1) is 17.1 Å². The Morgan fingerprint density at radius 2 is 2.18 bits per heavy atom. The molecule has 0 aliphatic heterocycles. The fourth-order valence-electron chi connectivity index (χ4n) is 1.57. The van der Waals surface area contributed by atoms with E-state index in [0.717, 1.165) is 11.3 Å². The molecule has 17 heavy (non-hydrogen) atoms. The van der Waals surface area contributed by atoms with Crippen LogP contribution in [0.2, 0.25) is 10.2 Å². The van der Waals surface area contributed by atoms with Crippen LogP contribution in [0.5, 0.6) is 0 Å². The number of rotatable bonds is 2. The molecule has 1 N–H and O–H groups in total. The van der Waals surface area contributed by atoms with E-state index < -0.39 is 0 Å². The molecule has 0 bridgehead atoms. The van der Waals surface area contributed by atoms with Crippen molar-refractivity contribution in [2.75, 3.05) is 0 Å². The van der Waals surface area contributed by atoms with Crippen LogP contribution in [0.1, 0.15) is 5.82 Å². The minimum Gasteiger partial charge on any atom is -0.339 e. The minimum absolute atomic E-state index is 0.260. The van der Waals surface area contributed by atoms with Gasteiger partial charge in [-0.15, -0.1) is 0 Å². The van der Waals surface area contributed by atoms with Gasteiger partial charge < -0.3 is 4.98 Å². The van der Waals surface area contributed by atoms with Crippen LogP contribution in [0.15, 0.2) is 24.5 Å². The topological polar surface area (TPSA) is 59.4 Å². The van der Waals surface area contributed by atoms with Crippen LogP contribution in [0.25, 0.3) is 11.2 Å². The summed E-state index contributed by atoms with van der Waals surface area (Å²) in [7, 11) is 0. The maximum atomic E-state index is 5.88. The predicted octanol–water partition coefficient (Wildman–Crippen LogP) is 2.51. The quantitative estimate of drug-likeness (QED) is 0.726. The van der Waals surface area contributed by atoms with Gasteiger partial charge in [-0.3, -0.25) is 4.68 Å². The Hall–Kier alpha value is -1.59. The van der Waals surface area contributed by atoms with Crippen molar-refractivity contribution >= 4 is 34.4 Å². The van der Waals surface area contributed by atoms with E-state index in [9.17, 15) is 0 Å². The molecule has 0 unspecified atom stereocenters. The molecule has 3 aromatic rings. The Morgan fingerprint density at radius 3 is 2.94 bits per heavy atom. The lowest BCUT2D eigenvalue weighted by Gasteiger charge is -1.95. The summed E-state index contributed by atoms with van der Waals surface area (Å²) in [6.45, 7) is 0.554. The molecule has 3 heterocycles. The van der Waals surface area contributed by atoms with Crippen LogP contribution in [0, 0.1) is 0 Å². The Morgan fingerprint density at radius 1 is 1.29 bits per heavy atom. The van der Waals surface area contributed by atoms with Gasteiger partial charge in [-0.05, 0) is 12.1 Å². The minimum atomic E-state index is 0.260. The molecule has 0 aromatic carbocycles. The lowest BCUT2D eigenvalue weighted by atomic mass is 10.4. The molecule has 7 heteroatoms. The summed E-state index contributed by atoms with van der Waals surface area (Å²) in [6, 6.07) is 3.57. The summed E-state index contributed by atoms with van der Waals surface area (Å²) in [4.78, 5) is 11.5. The monoisotopic (exact) mass is 267 g/mol. The Kier molecular flexibility index (Phi) is 2.49. The van der Waals surface area contributed by atoms with Gasteiger partial charge >= 0.3 is 0 Å². The molecule has 0 spiro atoms. The highest BCUT2D eigenvalue weighted by atomic mass is 35.5. The molecule has 0 fully saturated rings. The van der Waals surface area contributed by atoms with Gasteiger partial charge in [-0.2, -0.15) is 5.10 Å². The molecular formula is C10H7Cl2N5. The molecule has 0 amide bonds. The number of nitrogens with one attached hydrogen (secondary N) is 1. The van der Waals surface area contributed by atoms with E-state index in [4.69, 9.17) is 23.2 Å². The van der Waals surface area contributed by atoms with Gasteiger partial charge in [0.2, 0.25) is 0 Å². The number of aromatic amines is 1. The third-order valence-electron chi connectivity index (χ3n) is 2.30. The van der Waals surface area contributed by atoms with Crippen LogP contribution in [0.4, 0.5) is 0 Å². The van der Waals surface area contributed by atoms with Crippen molar-refractivity contribution in [3.63, 3.8) is 0 Å². The Bertz CT molecular complexity index is 620. The zero-order valence-corrected chi connectivity index (χ0v) is 10.1. The second-order valence-electron chi connectivity index (χ2n) is 3.52. The first-order chi connectivity index (χ1) is 8.22. The molecule has 0 aliphatic rings. The fourth-order valence-corrected chi connectivity index (χ4v) is 1.85. The zero-order valence-electron chi connectivity index (χ0n) is 8.56. The van der Waals surface area contributed by atoms with Gasteiger partial charge in [0.25, 0.3) is 0 Å². The van der Waals surface area contributed by atoms with Crippen LogP contribution < -0.4 is 0 Å². The van der Waals surface area contributed by atoms with Gasteiger partial charge in [0, 0.05) is 12.4 Å². The maximum Gasteiger partial charge on any atom is 0.179 e. The molecule has 0 radical (unpaired) electrons. The van der Waals surface area contributed by atoms with Gasteiger partial charge in [0.1, 0.15) is 11.0 Å². The average molecular weight is 268 g/mol. The predicted molar refractivity (Wildman–Crippen MR) is 65.2 cm³/mol. The van der Waals surface area contributed by atoms with Crippen molar-refractivity contribution < 1.29 is 0 Å². The number of hydrogen-bond donors (Lipinski definition) is 1. The molecule has 0 aliphatic carbocycles. The molecular weight excluding hydrogens is 261 g/mol. The number of nitrogens with zero attached hydrogens (tertiary/aromatic N) is 4. The van der Waals surface area contributed by atoms with Crippen LogP contribution in [-0.2, 0) is 6.54 Å². The first-order valence-electron chi connectivity index (χ1n) is 4.90. The highest BCUT2D eigenvalue weighted by Crippen LogP contribution is 2.23. The summed E-state index contributed by atoms with van der Waals surface area (Å²) in [5.41, 5.74) is 1.32. The summed E-state index contributed by atoms with van der Waals surface area (Å²) >= 11 is 11.7. The smallest absolute Gasteiger partial charge is 0.179 e. The molecule has 3 rings (SSSR count). The van der Waals surface area contributed by atoms with E-state index >= 15 is 0 Å². The van der Waals surface area contributed by atoms with Crippen molar-refractivity contribution in [1.29, 1.82) is 0 Å². The number of hydrogen-bond acceptors (Lipinski definition) is 3. The third kappa shape index (κ3) is 1.99. The summed E-state index contributed by atoms with van der Waals surface area (Å²) in [5.74, 6) is 0.759. The second kappa shape index (κ2) is 4.01. The Labute approximate surface area is 106 Å². The highest BCUT2D eigenvalue weighted by Gasteiger charge is 2.08. The van der Waals surface area contributed by atoms with E-state index in [1.165, 1.54) is 0 Å². The lowest BCUT2D eigenvalue weighted by molar-refractivity contribution is 0.663. The van der Waals surface area contributed by atoms with Crippen LogP contribution >= 0.6 is 23.2 Å². The van der Waals surface area contributed by atoms with Crippen molar-refractivity contribution in [1.82, 2.24) is 24.7 Å². The Balaban J connectivity index is 2.02. The summed E-state index contributed by atoms with van der Waals surface area (Å²) in [6.07, 6.45) is 3.58. The van der Waals surface area contributed by atoms with Gasteiger partial charge in [-0.1, -0.05) is 23.2 Å². The number of H-pyrrole nitrogens is 1. The SMILES string of the molecule is Clc1cc2[nH]c(Cn3cccn3)nc2nc1Cl. The van der Waals surface area contributed by atoms with E-state index in [1.54, 1.807) is 16.9 Å². The summed E-state index contributed by atoms with van der Waals surface area (Å²) in [5, 5.41) is 4.77. The number of halogens is 2. The van der Waals surface area contributed by atoms with E-state index in [1.807, 2.05) is 12.3 Å². The molecule has 0 saturated heterocycles. The zero-order chi connectivity index (χ0) is 11.8. The standard InChI is InChI=1S/C10H7Cl2N5/c11-6-4-7-10(16-9(6)12)15-8(14-7)5-17-3-1-2-13-17/h1-4H,5H2,(H,14,15,16). The van der Waals surface area contributed by atoms with E-state index in [0.29, 0.717) is 17.2 Å². The largest absolute Gasteiger partial charge is 0.339 e. The lowest BCUT2D eigenvalue weighted by Crippen LogP contribution is -2.01. The van der Waals surface area contributed by atoms with Crippen molar-refractivity contribution in [3.05, 3.63) is 40.5 Å². The molecule has 5 nitrogen and oxygen atoms in total. The third-order valence-corrected chi connectivity index (χ3v) is 2.98. The molecule has 86 valence electrons. The van der Waals surface area contributed by atoms with Crippen molar-refractivity contribution in [2.45, 2.75) is 6.54 Å². The van der Waals surface area contributed by atoms with Gasteiger partial charge in [0.15, 0.2) is 5.65 Å². The first-order valence-corrected chi connectivity index (χ1v) is 5.66. The molecule has 3 aromatic heterocycles. The van der Waals surface area contributed by atoms with Crippen LogP contribution in [-0.4, -0.2) is 24.7 Å². The number of fused-ring (bicyclic) bond motifs is 1. The van der Waals surface area contributed by atoms with E-state index in [2.05, 4.69) is 20.1 Å². The summed E-state index contributed by atoms with van der Waals surface area (Å²) < 4.78 is 1.76. The maximum absolute atomic E-state index is 5.88. The normalized spacial score (nSPS) is 11.2. The molecule has 0 atom stereocenters. The number of pyridine rings is 1. The van der Waals surface area contributed by atoms with Gasteiger partial charge in [-0.25, -0.2) is 9.97 Å².